The van der Waals surface area contributed by atoms with E-state index in [1.165, 1.54) is 11.3 Å². The number of hydrogen-bond donors (Lipinski definition) is 2. The summed E-state index contributed by atoms with van der Waals surface area (Å²) in [5.74, 6) is 0. The molecule has 3 rings (SSSR count). The minimum Gasteiger partial charge on any atom is -0.312 e. The Morgan fingerprint density at radius 3 is 3.29 bits per heavy atom. The summed E-state index contributed by atoms with van der Waals surface area (Å²) in [5.41, 5.74) is 5.48. The Bertz CT molecular complexity index is 432. The van der Waals surface area contributed by atoms with Crippen molar-refractivity contribution in [3.8, 4) is 10.6 Å². The number of thiazole rings is 1. The van der Waals surface area contributed by atoms with Crippen molar-refractivity contribution >= 4 is 11.3 Å². The first kappa shape index (κ1) is 8.14. The van der Waals surface area contributed by atoms with E-state index in [2.05, 4.69) is 20.5 Å². The molecule has 14 heavy (non-hydrogen) atoms. The number of fused-ring (bicyclic) bond motifs is 1. The molecule has 0 aromatic carbocycles. The van der Waals surface area contributed by atoms with Crippen LogP contribution in [0.3, 0.4) is 0 Å². The maximum Gasteiger partial charge on any atom is 0.108 e. The van der Waals surface area contributed by atoms with E-state index >= 15 is 0 Å². The predicted octanol–water partition coefficient (Wildman–Crippen LogP) is 1.18. The first-order chi connectivity index (χ1) is 6.95. The smallest absolute Gasteiger partial charge is 0.108 e. The normalized spacial score (nSPS) is 15.4. The van der Waals surface area contributed by atoms with E-state index in [0.717, 1.165) is 30.1 Å². The van der Waals surface area contributed by atoms with Gasteiger partial charge in [-0.25, -0.2) is 0 Å². The number of hydrogen-bond acceptors (Lipinski definition) is 4. The van der Waals surface area contributed by atoms with Gasteiger partial charge in [-0.05, 0) is 0 Å². The molecular weight excluding hydrogens is 196 g/mol. The van der Waals surface area contributed by atoms with E-state index in [1.807, 2.05) is 11.7 Å². The van der Waals surface area contributed by atoms with Crippen LogP contribution in [-0.4, -0.2) is 21.7 Å². The maximum atomic E-state index is 4.35. The minimum absolute atomic E-state index is 0.916. The zero-order valence-corrected chi connectivity index (χ0v) is 8.40. The molecule has 2 aromatic rings. The highest BCUT2D eigenvalue weighted by atomic mass is 32.1. The van der Waals surface area contributed by atoms with Crippen molar-refractivity contribution in [1.82, 2.24) is 20.5 Å². The third kappa shape index (κ3) is 1.17. The van der Waals surface area contributed by atoms with Gasteiger partial charge in [0.1, 0.15) is 5.69 Å². The SMILES string of the molecule is c1ncc(-c2n[nH]c3c2CNCC3)s1. The lowest BCUT2D eigenvalue weighted by atomic mass is 10.1. The summed E-state index contributed by atoms with van der Waals surface area (Å²) in [7, 11) is 0. The van der Waals surface area contributed by atoms with E-state index in [1.54, 1.807) is 11.3 Å². The van der Waals surface area contributed by atoms with Crippen molar-refractivity contribution in [2.75, 3.05) is 6.54 Å². The molecule has 2 N–H and O–H groups in total. The Morgan fingerprint density at radius 2 is 2.43 bits per heavy atom. The molecule has 0 saturated heterocycles. The number of nitrogens with zero attached hydrogens (tertiary/aromatic N) is 2. The molecule has 0 radical (unpaired) electrons. The van der Waals surface area contributed by atoms with Gasteiger partial charge in [0.05, 0.1) is 10.4 Å². The van der Waals surface area contributed by atoms with Gasteiger partial charge in [0, 0.05) is 37.0 Å². The summed E-state index contributed by atoms with van der Waals surface area (Å²) in [4.78, 5) is 5.22. The van der Waals surface area contributed by atoms with Crippen LogP contribution in [0.2, 0.25) is 0 Å². The fourth-order valence-corrected chi connectivity index (χ4v) is 2.40. The lowest BCUT2D eigenvalue weighted by molar-refractivity contribution is 0.637. The van der Waals surface area contributed by atoms with Crippen molar-refractivity contribution in [3.05, 3.63) is 23.0 Å². The lowest BCUT2D eigenvalue weighted by Gasteiger charge is -2.12. The van der Waals surface area contributed by atoms with Gasteiger partial charge in [0.15, 0.2) is 0 Å². The molecule has 0 aliphatic carbocycles. The van der Waals surface area contributed by atoms with E-state index in [-0.39, 0.29) is 0 Å². The summed E-state index contributed by atoms with van der Waals surface area (Å²) in [6, 6.07) is 0. The summed E-state index contributed by atoms with van der Waals surface area (Å²) in [5, 5.41) is 10.8. The third-order valence-corrected chi connectivity index (χ3v) is 3.25. The van der Waals surface area contributed by atoms with Gasteiger partial charge in [0.2, 0.25) is 0 Å². The average Bonchev–Trinajstić information content (AvgIpc) is 2.85. The first-order valence-electron chi connectivity index (χ1n) is 4.61. The molecule has 3 heterocycles. The highest BCUT2D eigenvalue weighted by molar-refractivity contribution is 7.13. The molecule has 72 valence electrons. The van der Waals surface area contributed by atoms with Gasteiger partial charge >= 0.3 is 0 Å². The van der Waals surface area contributed by atoms with Gasteiger partial charge in [0.25, 0.3) is 0 Å². The van der Waals surface area contributed by atoms with Crippen LogP contribution >= 0.6 is 11.3 Å². The number of aromatic nitrogens is 3. The van der Waals surface area contributed by atoms with Crippen LogP contribution in [0.4, 0.5) is 0 Å². The average molecular weight is 206 g/mol. The molecule has 0 spiro atoms. The van der Waals surface area contributed by atoms with Gasteiger partial charge in [-0.2, -0.15) is 5.10 Å². The topological polar surface area (TPSA) is 53.6 Å². The fraction of sp³-hybridized carbons (Fsp3) is 0.333. The first-order valence-corrected chi connectivity index (χ1v) is 5.49. The van der Waals surface area contributed by atoms with Crippen LogP contribution in [0.1, 0.15) is 11.3 Å². The van der Waals surface area contributed by atoms with E-state index in [9.17, 15) is 0 Å². The molecule has 1 aliphatic heterocycles. The Balaban J connectivity index is 2.11. The van der Waals surface area contributed by atoms with Crippen LogP contribution in [0, 0.1) is 0 Å². The Kier molecular flexibility index (Phi) is 1.85. The fourth-order valence-electron chi connectivity index (χ4n) is 1.76. The van der Waals surface area contributed by atoms with Crippen molar-refractivity contribution in [2.24, 2.45) is 0 Å². The number of nitrogens with one attached hydrogen (secondary N) is 2. The summed E-state index contributed by atoms with van der Waals surface area (Å²) < 4.78 is 0. The van der Waals surface area contributed by atoms with Crippen molar-refractivity contribution in [3.63, 3.8) is 0 Å². The van der Waals surface area contributed by atoms with Crippen molar-refractivity contribution < 1.29 is 0 Å². The number of H-pyrrole nitrogens is 1. The molecular formula is C9H10N4S. The summed E-state index contributed by atoms with van der Waals surface area (Å²) in [6.45, 7) is 1.95. The second kappa shape index (κ2) is 3.18. The monoisotopic (exact) mass is 206 g/mol. The van der Waals surface area contributed by atoms with E-state index in [4.69, 9.17) is 0 Å². The molecule has 0 bridgehead atoms. The van der Waals surface area contributed by atoms with Gasteiger partial charge < -0.3 is 5.32 Å². The Morgan fingerprint density at radius 1 is 1.43 bits per heavy atom. The largest absolute Gasteiger partial charge is 0.312 e. The summed E-state index contributed by atoms with van der Waals surface area (Å²) >= 11 is 1.63. The van der Waals surface area contributed by atoms with Crippen molar-refractivity contribution in [1.29, 1.82) is 0 Å². The van der Waals surface area contributed by atoms with Crippen LogP contribution < -0.4 is 5.32 Å². The van der Waals surface area contributed by atoms with Gasteiger partial charge in [-0.1, -0.05) is 0 Å². The molecule has 1 aliphatic rings. The second-order valence-electron chi connectivity index (χ2n) is 3.32. The molecule has 0 unspecified atom stereocenters. The number of aromatic amines is 1. The zero-order chi connectivity index (χ0) is 9.38. The molecule has 5 heteroatoms. The molecule has 0 atom stereocenters. The molecule has 0 amide bonds. The van der Waals surface area contributed by atoms with Gasteiger partial charge in [-0.15, -0.1) is 11.3 Å². The summed E-state index contributed by atoms with van der Waals surface area (Å²) in [6.07, 6.45) is 2.91. The van der Waals surface area contributed by atoms with Crippen LogP contribution in [-0.2, 0) is 13.0 Å². The molecule has 0 saturated carbocycles. The minimum atomic E-state index is 0.916. The number of rotatable bonds is 1. The Hall–Kier alpha value is -1.20. The lowest BCUT2D eigenvalue weighted by Crippen LogP contribution is -2.23. The standard InChI is InChI=1S/C9H10N4S/c1-2-10-3-6-7(1)12-13-9(6)8-4-11-5-14-8/h4-5,10H,1-3H2,(H,12,13). The van der Waals surface area contributed by atoms with E-state index < -0.39 is 0 Å². The highest BCUT2D eigenvalue weighted by Gasteiger charge is 2.17. The van der Waals surface area contributed by atoms with Gasteiger partial charge in [-0.3, -0.25) is 10.1 Å². The second-order valence-corrected chi connectivity index (χ2v) is 4.21. The predicted molar refractivity (Wildman–Crippen MR) is 55.1 cm³/mol. The van der Waals surface area contributed by atoms with Crippen LogP contribution in [0.15, 0.2) is 11.7 Å². The molecule has 0 fully saturated rings. The third-order valence-electron chi connectivity index (χ3n) is 2.47. The Labute approximate surface area is 85.4 Å². The van der Waals surface area contributed by atoms with E-state index in [0.29, 0.717) is 0 Å². The van der Waals surface area contributed by atoms with Crippen molar-refractivity contribution in [2.45, 2.75) is 13.0 Å². The van der Waals surface area contributed by atoms with Crippen LogP contribution in [0.5, 0.6) is 0 Å². The zero-order valence-electron chi connectivity index (χ0n) is 7.58. The quantitative estimate of drug-likeness (QED) is 0.736. The molecule has 2 aromatic heterocycles. The molecule has 4 nitrogen and oxygen atoms in total. The maximum absolute atomic E-state index is 4.35. The highest BCUT2D eigenvalue weighted by Crippen LogP contribution is 2.27. The van der Waals surface area contributed by atoms with Crippen LogP contribution in [0.25, 0.3) is 10.6 Å².